The molecule has 0 spiro atoms. The van der Waals surface area contributed by atoms with Gasteiger partial charge in [-0.3, -0.25) is 5.41 Å². The van der Waals surface area contributed by atoms with Gasteiger partial charge in [-0.15, -0.1) is 0 Å². The molecule has 0 saturated carbocycles. The molecular formula is C5H8F3N. The molecule has 0 amide bonds. The van der Waals surface area contributed by atoms with Gasteiger partial charge in [0, 0.05) is 6.92 Å². The number of hydrogen-bond donors (Lipinski definition) is 1. The molecule has 0 bridgehead atoms. The molecule has 0 saturated heterocycles. The Balaban J connectivity index is 0. The molecule has 1 N–H and O–H groups in total. The molecule has 0 aliphatic rings. The lowest BCUT2D eigenvalue weighted by atomic mass is 10.7. The van der Waals surface area contributed by atoms with Crippen LogP contribution in [0.1, 0.15) is 6.92 Å². The summed E-state index contributed by atoms with van der Waals surface area (Å²) in [5.41, 5.74) is 0. The highest BCUT2D eigenvalue weighted by atomic mass is 19.2. The first-order valence-corrected chi connectivity index (χ1v) is 2.10. The van der Waals surface area contributed by atoms with Gasteiger partial charge in [-0.05, 0) is 0 Å². The second kappa shape index (κ2) is 7.20. The number of allylic oxidation sites excluding steroid dienone is 1. The fourth-order valence-corrected chi connectivity index (χ4v) is 0. The molecule has 0 aromatic rings. The van der Waals surface area contributed by atoms with Gasteiger partial charge in [0.2, 0.25) is 0 Å². The second-order valence-corrected chi connectivity index (χ2v) is 1.18. The largest absolute Gasteiger partial charge is 0.278 e. The molecule has 1 nitrogen and oxygen atoms in total. The number of hydrogen-bond acceptors (Lipinski definition) is 1. The summed E-state index contributed by atoms with van der Waals surface area (Å²) in [4.78, 5) is 0. The van der Waals surface area contributed by atoms with Crippen molar-refractivity contribution in [2.75, 3.05) is 6.67 Å². The summed E-state index contributed by atoms with van der Waals surface area (Å²) < 4.78 is 32.1. The quantitative estimate of drug-likeness (QED) is 0.539. The minimum atomic E-state index is -1.06. The van der Waals surface area contributed by atoms with Crippen LogP contribution >= 0.6 is 0 Å². The summed E-state index contributed by atoms with van der Waals surface area (Å²) >= 11 is 0. The van der Waals surface area contributed by atoms with Crippen molar-refractivity contribution in [3.8, 4) is 0 Å². The Hall–Kier alpha value is -0.800. The Morgan fingerprint density at radius 3 is 1.67 bits per heavy atom. The van der Waals surface area contributed by atoms with E-state index in [-0.39, 0.29) is 0 Å². The lowest BCUT2D eigenvalue weighted by Crippen LogP contribution is -1.65. The van der Waals surface area contributed by atoms with Gasteiger partial charge in [0.25, 0.3) is 0 Å². The summed E-state index contributed by atoms with van der Waals surface area (Å²) in [6, 6.07) is 0. The molecule has 0 heterocycles. The molecule has 0 unspecified atom stereocenters. The predicted octanol–water partition coefficient (Wildman–Crippen LogP) is 2.39. The number of rotatable bonds is 1. The third-order valence-electron chi connectivity index (χ3n) is 0.145. The zero-order valence-electron chi connectivity index (χ0n) is 5.05. The Kier molecular flexibility index (Phi) is 8.85. The first-order chi connectivity index (χ1) is 4.00. The summed E-state index contributed by atoms with van der Waals surface area (Å²) in [6.07, 6.45) is 0. The highest BCUT2D eigenvalue weighted by molar-refractivity contribution is 5.67. The van der Waals surface area contributed by atoms with Gasteiger partial charge in [0.05, 0.1) is 0 Å². The van der Waals surface area contributed by atoms with Gasteiger partial charge < -0.3 is 0 Å². The average molecular weight is 139 g/mol. The zero-order chi connectivity index (χ0) is 7.86. The second-order valence-electron chi connectivity index (χ2n) is 1.18. The minimum absolute atomic E-state index is 0.833. The smallest absolute Gasteiger partial charge is 0.178 e. The van der Waals surface area contributed by atoms with Crippen LogP contribution < -0.4 is 0 Å². The standard InChI is InChI=1S/C3H4F2.C2H4FN/c1-3(5)2-4;1-2(3)4/h1-2H2;4H,1H3. The van der Waals surface area contributed by atoms with E-state index in [1.54, 1.807) is 0 Å². The molecule has 0 aliphatic heterocycles. The maximum absolute atomic E-state index is 10.9. The van der Waals surface area contributed by atoms with Crippen LogP contribution in [0.25, 0.3) is 0 Å². The van der Waals surface area contributed by atoms with Crippen molar-refractivity contribution in [2.45, 2.75) is 6.92 Å². The van der Waals surface area contributed by atoms with Gasteiger partial charge >= 0.3 is 0 Å². The van der Waals surface area contributed by atoms with E-state index in [4.69, 9.17) is 5.41 Å². The minimum Gasteiger partial charge on any atom is -0.278 e. The van der Waals surface area contributed by atoms with Crippen LogP contribution in [0.4, 0.5) is 13.2 Å². The van der Waals surface area contributed by atoms with Crippen LogP contribution in [0.15, 0.2) is 12.4 Å². The van der Waals surface area contributed by atoms with Crippen LogP contribution in [0.2, 0.25) is 0 Å². The molecule has 0 radical (unpaired) electrons. The first-order valence-electron chi connectivity index (χ1n) is 2.10. The molecule has 0 aliphatic carbocycles. The molecule has 9 heavy (non-hydrogen) atoms. The molecule has 0 fully saturated rings. The van der Waals surface area contributed by atoms with Crippen LogP contribution in [0, 0.1) is 5.41 Å². The molecule has 0 atom stereocenters. The normalized spacial score (nSPS) is 7.11. The zero-order valence-corrected chi connectivity index (χ0v) is 5.05. The SMILES string of the molecule is C=C(F)CF.CC(=N)F. The molecular weight excluding hydrogens is 131 g/mol. The summed E-state index contributed by atoms with van der Waals surface area (Å²) in [5.74, 6) is -1.75. The summed E-state index contributed by atoms with van der Waals surface area (Å²) in [7, 11) is 0. The number of halogens is 3. The maximum atomic E-state index is 10.9. The Morgan fingerprint density at radius 2 is 1.67 bits per heavy atom. The molecule has 4 heteroatoms. The number of alkyl halides is 1. The highest BCUT2D eigenvalue weighted by Gasteiger charge is 1.78. The van der Waals surface area contributed by atoms with E-state index < -0.39 is 18.5 Å². The maximum Gasteiger partial charge on any atom is 0.178 e. The Bertz CT molecular complexity index is 96.4. The van der Waals surface area contributed by atoms with Crippen LogP contribution in [0.3, 0.4) is 0 Å². The van der Waals surface area contributed by atoms with Crippen LogP contribution in [0.5, 0.6) is 0 Å². The third-order valence-corrected chi connectivity index (χ3v) is 0.145. The van der Waals surface area contributed by atoms with Gasteiger partial charge in [0.15, 0.2) is 5.97 Å². The lowest BCUT2D eigenvalue weighted by molar-refractivity contribution is 0.462. The summed E-state index contributed by atoms with van der Waals surface area (Å²) in [5, 5.41) is 5.83. The van der Waals surface area contributed by atoms with E-state index in [9.17, 15) is 13.2 Å². The number of nitrogens with one attached hydrogen (secondary N) is 1. The molecule has 0 aromatic heterocycles. The van der Waals surface area contributed by atoms with E-state index >= 15 is 0 Å². The first kappa shape index (κ1) is 11.1. The van der Waals surface area contributed by atoms with Gasteiger partial charge in [-0.1, -0.05) is 6.58 Å². The lowest BCUT2D eigenvalue weighted by Gasteiger charge is -1.71. The topological polar surface area (TPSA) is 23.9 Å². The van der Waals surface area contributed by atoms with Crippen molar-refractivity contribution < 1.29 is 13.2 Å². The monoisotopic (exact) mass is 139 g/mol. The van der Waals surface area contributed by atoms with E-state index in [0.29, 0.717) is 0 Å². The van der Waals surface area contributed by atoms with Gasteiger partial charge in [-0.25, -0.2) is 8.78 Å². The van der Waals surface area contributed by atoms with Crippen molar-refractivity contribution in [1.29, 1.82) is 5.41 Å². The van der Waals surface area contributed by atoms with Crippen molar-refractivity contribution in [2.24, 2.45) is 0 Å². The van der Waals surface area contributed by atoms with Crippen molar-refractivity contribution in [1.82, 2.24) is 0 Å². The summed E-state index contributed by atoms with van der Waals surface area (Å²) in [6.45, 7) is 2.66. The van der Waals surface area contributed by atoms with Crippen molar-refractivity contribution >= 4 is 5.97 Å². The fourth-order valence-electron chi connectivity index (χ4n) is 0. The fraction of sp³-hybridized carbons (Fsp3) is 0.400. The highest BCUT2D eigenvalue weighted by Crippen LogP contribution is 1.87. The van der Waals surface area contributed by atoms with E-state index in [0.717, 1.165) is 6.92 Å². The van der Waals surface area contributed by atoms with Crippen LogP contribution in [-0.2, 0) is 0 Å². The van der Waals surface area contributed by atoms with Crippen molar-refractivity contribution in [3.05, 3.63) is 12.4 Å². The van der Waals surface area contributed by atoms with Gasteiger partial charge in [-0.2, -0.15) is 4.39 Å². The van der Waals surface area contributed by atoms with Crippen molar-refractivity contribution in [3.63, 3.8) is 0 Å². The molecule has 54 valence electrons. The molecule has 0 aromatic carbocycles. The predicted molar refractivity (Wildman–Crippen MR) is 30.7 cm³/mol. The van der Waals surface area contributed by atoms with Crippen LogP contribution in [-0.4, -0.2) is 12.6 Å². The van der Waals surface area contributed by atoms with E-state index in [1.807, 2.05) is 0 Å². The Labute approximate surface area is 51.7 Å². The van der Waals surface area contributed by atoms with E-state index in [2.05, 4.69) is 6.58 Å². The van der Waals surface area contributed by atoms with Gasteiger partial charge in [0.1, 0.15) is 12.5 Å². The Morgan fingerprint density at radius 1 is 1.56 bits per heavy atom. The molecule has 0 rings (SSSR count). The average Bonchev–Trinajstić information content (AvgIpc) is 1.65. The van der Waals surface area contributed by atoms with E-state index in [1.165, 1.54) is 0 Å². The third kappa shape index (κ3) is 135.